The smallest absolute Gasteiger partial charge is 0.410 e. The molecule has 0 radical (unpaired) electrons. The summed E-state index contributed by atoms with van der Waals surface area (Å²) in [4.78, 5) is 30.7. The summed E-state index contributed by atoms with van der Waals surface area (Å²) in [6.07, 6.45) is 6.05. The molecule has 0 bridgehead atoms. The van der Waals surface area contributed by atoms with E-state index >= 15 is 0 Å². The summed E-state index contributed by atoms with van der Waals surface area (Å²) < 4.78 is 13.4. The first-order valence-corrected chi connectivity index (χ1v) is 12.1. The molecule has 2 fully saturated rings. The molecule has 9 heteroatoms. The van der Waals surface area contributed by atoms with Crippen molar-refractivity contribution in [3.8, 4) is 16.9 Å². The molecule has 1 saturated heterocycles. The maximum atomic E-state index is 12.4. The van der Waals surface area contributed by atoms with Crippen LogP contribution >= 0.6 is 0 Å². The monoisotopic (exact) mass is 477 g/mol. The molecule has 1 aliphatic carbocycles. The number of pyridine rings is 2. The van der Waals surface area contributed by atoms with Gasteiger partial charge in [0, 0.05) is 36.0 Å². The maximum absolute atomic E-state index is 12.4. The number of hydrogen-bond donors (Lipinski definition) is 1. The minimum absolute atomic E-state index is 0.0329. The Hall–Kier alpha value is -3.62. The van der Waals surface area contributed by atoms with Gasteiger partial charge in [0.15, 0.2) is 5.82 Å². The number of aromatic nitrogens is 3. The Balaban J connectivity index is 1.32. The number of likely N-dealkylation sites (tertiary alicyclic amines) is 1. The number of ether oxygens (including phenoxy) is 2. The fourth-order valence-electron chi connectivity index (χ4n) is 4.05. The van der Waals surface area contributed by atoms with E-state index in [4.69, 9.17) is 9.47 Å². The number of hydrogen-bond acceptors (Lipinski definition) is 6. The van der Waals surface area contributed by atoms with Crippen LogP contribution in [0.5, 0.6) is 5.75 Å². The van der Waals surface area contributed by atoms with Gasteiger partial charge in [-0.3, -0.25) is 9.78 Å². The number of carbonyl (C=O) groups is 2. The van der Waals surface area contributed by atoms with Gasteiger partial charge in [-0.05, 0) is 70.7 Å². The summed E-state index contributed by atoms with van der Waals surface area (Å²) in [6, 6.07) is 7.79. The molecule has 2 amide bonds. The van der Waals surface area contributed by atoms with Crippen molar-refractivity contribution >= 4 is 23.3 Å². The fraction of sp³-hybridized carbons (Fsp3) is 0.462. The topological polar surface area (TPSA) is 98.1 Å². The van der Waals surface area contributed by atoms with Crippen LogP contribution in [-0.2, 0) is 9.53 Å². The van der Waals surface area contributed by atoms with Crippen LogP contribution in [-0.4, -0.2) is 56.3 Å². The van der Waals surface area contributed by atoms with Gasteiger partial charge in [0.2, 0.25) is 5.91 Å². The zero-order chi connectivity index (χ0) is 24.7. The molecule has 0 aromatic carbocycles. The highest BCUT2D eigenvalue weighted by molar-refractivity contribution is 5.93. The van der Waals surface area contributed by atoms with Gasteiger partial charge in [0.25, 0.3) is 0 Å². The SMILES string of the molecule is Cc1cc(-c2ccn3nc(NC(=O)C4CC4)cc3c2)c(OC[C@H]2CCN2C(=O)OC(C)(C)C)cn1. The van der Waals surface area contributed by atoms with E-state index in [1.54, 1.807) is 15.6 Å². The number of nitrogens with zero attached hydrogens (tertiary/aromatic N) is 4. The summed E-state index contributed by atoms with van der Waals surface area (Å²) in [7, 11) is 0. The van der Waals surface area contributed by atoms with Crippen LogP contribution in [0, 0.1) is 12.8 Å². The number of nitrogens with one attached hydrogen (secondary N) is 1. The molecule has 1 atom stereocenters. The largest absolute Gasteiger partial charge is 0.489 e. The van der Waals surface area contributed by atoms with E-state index in [1.165, 1.54) is 0 Å². The van der Waals surface area contributed by atoms with Crippen molar-refractivity contribution in [2.24, 2.45) is 5.92 Å². The van der Waals surface area contributed by atoms with Crippen LogP contribution in [0.25, 0.3) is 16.6 Å². The molecular formula is C26H31N5O4. The normalized spacial score (nSPS) is 17.7. The van der Waals surface area contributed by atoms with Gasteiger partial charge in [-0.1, -0.05) is 0 Å². The van der Waals surface area contributed by atoms with Crippen molar-refractivity contribution in [1.29, 1.82) is 0 Å². The predicted molar refractivity (Wildman–Crippen MR) is 131 cm³/mol. The van der Waals surface area contributed by atoms with E-state index in [1.807, 2.05) is 58.2 Å². The lowest BCUT2D eigenvalue weighted by Crippen LogP contribution is -2.55. The van der Waals surface area contributed by atoms with Gasteiger partial charge < -0.3 is 19.7 Å². The van der Waals surface area contributed by atoms with Crippen LogP contribution in [0.4, 0.5) is 10.6 Å². The minimum atomic E-state index is -0.529. The van der Waals surface area contributed by atoms with Crippen molar-refractivity contribution in [3.63, 3.8) is 0 Å². The molecule has 35 heavy (non-hydrogen) atoms. The lowest BCUT2D eigenvalue weighted by Gasteiger charge is -2.41. The van der Waals surface area contributed by atoms with Crippen LogP contribution < -0.4 is 10.1 Å². The second kappa shape index (κ2) is 8.87. The van der Waals surface area contributed by atoms with Gasteiger partial charge in [-0.15, -0.1) is 0 Å². The van der Waals surface area contributed by atoms with Crippen LogP contribution in [0.15, 0.2) is 36.7 Å². The van der Waals surface area contributed by atoms with Gasteiger partial charge in [0.1, 0.15) is 18.0 Å². The standard InChI is InChI=1S/C26H31N5O4/c1-16-11-21(18-7-10-31-20(12-18)13-23(29-31)28-24(32)17-5-6-17)22(14-27-16)34-15-19-8-9-30(19)25(33)35-26(2,3)4/h7,10-14,17,19H,5-6,8-9,15H2,1-4H3,(H,28,29,32)/t19-/m1/s1. The van der Waals surface area contributed by atoms with Gasteiger partial charge in [-0.2, -0.15) is 5.10 Å². The van der Waals surface area contributed by atoms with Crippen LogP contribution in [0.3, 0.4) is 0 Å². The first-order valence-electron chi connectivity index (χ1n) is 12.1. The van der Waals surface area contributed by atoms with E-state index < -0.39 is 5.60 Å². The molecule has 9 nitrogen and oxygen atoms in total. The molecule has 2 aliphatic rings. The number of carbonyl (C=O) groups excluding carboxylic acids is 2. The lowest BCUT2D eigenvalue weighted by atomic mass is 10.0. The third-order valence-corrected chi connectivity index (χ3v) is 6.18. The molecule has 1 aliphatic heterocycles. The molecule has 5 rings (SSSR count). The molecule has 4 heterocycles. The number of rotatable bonds is 6. The highest BCUT2D eigenvalue weighted by Gasteiger charge is 2.36. The quantitative estimate of drug-likeness (QED) is 0.564. The zero-order valence-corrected chi connectivity index (χ0v) is 20.6. The van der Waals surface area contributed by atoms with Crippen LogP contribution in [0.1, 0.15) is 45.7 Å². The fourth-order valence-corrected chi connectivity index (χ4v) is 4.05. The molecule has 1 N–H and O–H groups in total. The van der Waals surface area contributed by atoms with Crippen molar-refractivity contribution in [3.05, 3.63) is 42.4 Å². The third kappa shape index (κ3) is 5.23. The summed E-state index contributed by atoms with van der Waals surface area (Å²) >= 11 is 0. The Morgan fingerprint density at radius 1 is 1.17 bits per heavy atom. The maximum Gasteiger partial charge on any atom is 0.410 e. The van der Waals surface area contributed by atoms with Crippen molar-refractivity contribution < 1.29 is 19.1 Å². The summed E-state index contributed by atoms with van der Waals surface area (Å²) in [5, 5.41) is 7.36. The van der Waals surface area contributed by atoms with Gasteiger partial charge in [0.05, 0.1) is 17.8 Å². The lowest BCUT2D eigenvalue weighted by molar-refractivity contribution is -0.117. The summed E-state index contributed by atoms with van der Waals surface area (Å²) in [6.45, 7) is 8.56. The Bertz CT molecular complexity index is 1270. The van der Waals surface area contributed by atoms with E-state index in [9.17, 15) is 9.59 Å². The number of anilines is 1. The zero-order valence-electron chi connectivity index (χ0n) is 20.6. The molecular weight excluding hydrogens is 446 g/mol. The highest BCUT2D eigenvalue weighted by atomic mass is 16.6. The van der Waals surface area contributed by atoms with Crippen molar-refractivity contribution in [2.75, 3.05) is 18.5 Å². The third-order valence-electron chi connectivity index (χ3n) is 6.18. The summed E-state index contributed by atoms with van der Waals surface area (Å²) in [5.41, 5.74) is 3.07. The molecule has 184 valence electrons. The van der Waals surface area contributed by atoms with Crippen LogP contribution in [0.2, 0.25) is 0 Å². The summed E-state index contributed by atoms with van der Waals surface area (Å²) in [5.74, 6) is 1.36. The highest BCUT2D eigenvalue weighted by Crippen LogP contribution is 2.33. The second-order valence-electron chi connectivity index (χ2n) is 10.3. The number of aryl methyl sites for hydroxylation is 1. The Labute approximate surface area is 204 Å². The van der Waals surface area contributed by atoms with Crippen molar-refractivity contribution in [2.45, 2.75) is 58.6 Å². The Morgan fingerprint density at radius 2 is 1.97 bits per heavy atom. The first kappa shape index (κ1) is 23.1. The molecule has 3 aromatic heterocycles. The average Bonchev–Trinajstić information content (AvgIpc) is 3.53. The second-order valence-corrected chi connectivity index (χ2v) is 10.3. The van der Waals surface area contributed by atoms with E-state index in [-0.39, 0.29) is 24.0 Å². The average molecular weight is 478 g/mol. The first-order chi connectivity index (χ1) is 16.7. The van der Waals surface area contributed by atoms with E-state index in [0.717, 1.165) is 41.6 Å². The van der Waals surface area contributed by atoms with E-state index in [0.29, 0.717) is 24.7 Å². The van der Waals surface area contributed by atoms with E-state index in [2.05, 4.69) is 15.4 Å². The van der Waals surface area contributed by atoms with Gasteiger partial charge in [-0.25, -0.2) is 9.31 Å². The number of amides is 2. The molecule has 1 saturated carbocycles. The molecule has 3 aromatic rings. The molecule has 0 spiro atoms. The minimum Gasteiger partial charge on any atom is -0.489 e. The van der Waals surface area contributed by atoms with Gasteiger partial charge >= 0.3 is 6.09 Å². The Morgan fingerprint density at radius 3 is 2.66 bits per heavy atom. The Kier molecular flexibility index (Phi) is 5.86. The molecule has 0 unspecified atom stereocenters. The number of fused-ring (bicyclic) bond motifs is 1. The predicted octanol–water partition coefficient (Wildman–Crippen LogP) is 4.44. The van der Waals surface area contributed by atoms with Crippen molar-refractivity contribution in [1.82, 2.24) is 19.5 Å².